The normalized spacial score (nSPS) is 28.0. The molecule has 0 amide bonds. The number of benzene rings is 2. The summed E-state index contributed by atoms with van der Waals surface area (Å²) >= 11 is 0. The van der Waals surface area contributed by atoms with Gasteiger partial charge in [-0.1, -0.05) is 37.1 Å². The van der Waals surface area contributed by atoms with Gasteiger partial charge in [0.15, 0.2) is 11.6 Å². The molecule has 1 aliphatic heterocycles. The highest BCUT2D eigenvalue weighted by atomic mass is 32.2. The lowest BCUT2D eigenvalue weighted by Crippen LogP contribution is -2.51. The van der Waals surface area contributed by atoms with Gasteiger partial charge >= 0.3 is 7.52 Å². The quantitative estimate of drug-likeness (QED) is 0.445. The molecule has 0 spiro atoms. The zero-order chi connectivity index (χ0) is 25.2. The molecule has 5 rings (SSSR count). The van der Waals surface area contributed by atoms with E-state index in [1.807, 2.05) is 19.1 Å². The Kier molecular flexibility index (Phi) is 5.54. The van der Waals surface area contributed by atoms with Gasteiger partial charge in [0.1, 0.15) is 11.8 Å². The van der Waals surface area contributed by atoms with E-state index in [9.17, 15) is 22.6 Å². The molecule has 2 aliphatic carbocycles. The Morgan fingerprint density at radius 2 is 1.91 bits per heavy atom. The summed E-state index contributed by atoms with van der Waals surface area (Å²) in [6.07, 6.45) is 3.75. The molecule has 3 aliphatic rings. The van der Waals surface area contributed by atoms with Crippen LogP contribution in [0.3, 0.4) is 0 Å². The van der Waals surface area contributed by atoms with Crippen molar-refractivity contribution in [3.8, 4) is 0 Å². The highest BCUT2D eigenvalue weighted by molar-refractivity contribution is 7.92. The molecule has 184 valence electrons. The monoisotopic (exact) mass is 515 g/mol. The third kappa shape index (κ3) is 4.13. The van der Waals surface area contributed by atoms with Gasteiger partial charge in [0, 0.05) is 18.4 Å². The molecule has 2 N–H and O–H groups in total. The van der Waals surface area contributed by atoms with E-state index in [0.29, 0.717) is 23.6 Å². The predicted molar refractivity (Wildman–Crippen MR) is 134 cm³/mol. The standard InChI is InChI=1S/C24H26N3O6PS/c1-24(13-14-8-9-14)17-7-5-4-6-16(17)21(28)20(22(24)29)23-25-18-11-10-15(27-35(3,31)32)12-19(18)34(30,26-23)33-2/h4-7,10-12,14,20,27H,8-9,13H2,1-3H3,(H,25,26,30). The topological polar surface area (TPSA) is 131 Å². The van der Waals surface area contributed by atoms with E-state index >= 15 is 0 Å². The third-order valence-corrected chi connectivity index (χ3v) is 9.44. The number of anilines is 2. The fraction of sp³-hybridized carbons (Fsp3) is 0.375. The van der Waals surface area contributed by atoms with Crippen LogP contribution in [0.15, 0.2) is 47.2 Å². The summed E-state index contributed by atoms with van der Waals surface area (Å²) in [5.74, 6) is -1.51. The minimum Gasteiger partial charge on any atom is -0.342 e. The summed E-state index contributed by atoms with van der Waals surface area (Å²) in [4.78, 5) is 27.5. The number of hydrogen-bond acceptors (Lipinski definition) is 7. The molecular formula is C24H26N3O6PS. The average molecular weight is 516 g/mol. The molecule has 3 atom stereocenters. The molecule has 1 heterocycles. The molecule has 0 saturated heterocycles. The van der Waals surface area contributed by atoms with Crippen LogP contribution in [-0.2, 0) is 29.3 Å². The largest absolute Gasteiger partial charge is 0.348 e. The fourth-order valence-corrected chi connectivity index (χ4v) is 7.17. The van der Waals surface area contributed by atoms with Crippen molar-refractivity contribution in [1.82, 2.24) is 0 Å². The summed E-state index contributed by atoms with van der Waals surface area (Å²) in [5, 5.41) is 3.17. The molecule has 1 fully saturated rings. The maximum Gasteiger partial charge on any atom is 0.348 e. The van der Waals surface area contributed by atoms with Gasteiger partial charge in [0.05, 0.1) is 22.7 Å². The van der Waals surface area contributed by atoms with Crippen molar-refractivity contribution in [3.63, 3.8) is 0 Å². The first kappa shape index (κ1) is 23.9. The number of nitrogens with one attached hydrogen (secondary N) is 2. The van der Waals surface area contributed by atoms with Gasteiger partial charge in [-0.25, -0.2) is 8.42 Å². The number of fused-ring (bicyclic) bond motifs is 2. The van der Waals surface area contributed by atoms with E-state index < -0.39 is 34.7 Å². The Morgan fingerprint density at radius 1 is 1.20 bits per heavy atom. The number of amidine groups is 1. The first-order valence-electron chi connectivity index (χ1n) is 11.3. The van der Waals surface area contributed by atoms with Crippen LogP contribution in [0.5, 0.6) is 0 Å². The molecule has 1 saturated carbocycles. The van der Waals surface area contributed by atoms with Gasteiger partial charge in [-0.05, 0) is 43.0 Å². The van der Waals surface area contributed by atoms with Crippen molar-refractivity contribution in [1.29, 1.82) is 0 Å². The van der Waals surface area contributed by atoms with Crippen LogP contribution in [0, 0.1) is 11.8 Å². The Morgan fingerprint density at radius 3 is 2.57 bits per heavy atom. The molecule has 9 nitrogen and oxygen atoms in total. The molecule has 2 aromatic rings. The van der Waals surface area contributed by atoms with Crippen LogP contribution in [0.2, 0.25) is 0 Å². The third-order valence-electron chi connectivity index (χ3n) is 6.88. The summed E-state index contributed by atoms with van der Waals surface area (Å²) in [6, 6.07) is 11.6. The van der Waals surface area contributed by atoms with Crippen LogP contribution in [0.25, 0.3) is 0 Å². The number of ketones is 2. The summed E-state index contributed by atoms with van der Waals surface area (Å²) in [5.41, 5.74) is 0.848. The van der Waals surface area contributed by atoms with Crippen molar-refractivity contribution in [3.05, 3.63) is 53.6 Å². The van der Waals surface area contributed by atoms with E-state index in [1.165, 1.54) is 25.3 Å². The predicted octanol–water partition coefficient (Wildman–Crippen LogP) is 3.49. The van der Waals surface area contributed by atoms with Crippen molar-refractivity contribution < 1.29 is 27.1 Å². The van der Waals surface area contributed by atoms with Crippen molar-refractivity contribution in [2.75, 3.05) is 23.4 Å². The first-order chi connectivity index (χ1) is 16.4. The van der Waals surface area contributed by atoms with Crippen LogP contribution >= 0.6 is 7.52 Å². The molecule has 0 bridgehead atoms. The fourth-order valence-electron chi connectivity index (χ4n) is 5.04. The lowest BCUT2D eigenvalue weighted by atomic mass is 9.63. The molecule has 3 unspecified atom stereocenters. The van der Waals surface area contributed by atoms with Crippen LogP contribution in [0.1, 0.15) is 42.1 Å². The second-order valence-corrected chi connectivity index (χ2v) is 13.4. The van der Waals surface area contributed by atoms with Crippen molar-refractivity contribution in [2.24, 2.45) is 16.6 Å². The highest BCUT2D eigenvalue weighted by Gasteiger charge is 2.53. The number of Topliss-reactive ketones (excluding diaryl/α,β-unsaturated/α-hetero) is 2. The van der Waals surface area contributed by atoms with E-state index in [4.69, 9.17) is 4.52 Å². The smallest absolute Gasteiger partial charge is 0.342 e. The van der Waals surface area contributed by atoms with E-state index in [2.05, 4.69) is 14.8 Å². The molecule has 35 heavy (non-hydrogen) atoms. The summed E-state index contributed by atoms with van der Waals surface area (Å²) in [6.45, 7) is 1.88. The average Bonchev–Trinajstić information content (AvgIpc) is 3.61. The minimum absolute atomic E-state index is 0.0157. The lowest BCUT2D eigenvalue weighted by Gasteiger charge is -2.39. The van der Waals surface area contributed by atoms with Gasteiger partial charge < -0.3 is 9.84 Å². The maximum absolute atomic E-state index is 14.0. The van der Waals surface area contributed by atoms with Gasteiger partial charge in [0.25, 0.3) is 0 Å². The molecule has 11 heteroatoms. The van der Waals surface area contributed by atoms with Gasteiger partial charge in [-0.2, -0.15) is 4.76 Å². The Labute approximate surface area is 203 Å². The second-order valence-electron chi connectivity index (χ2n) is 9.61. The Bertz CT molecular complexity index is 1450. The SMILES string of the molecule is COP1(=O)N=C(C2C(=O)c3ccccc3C(C)(CC3CC3)C2=O)Nc2ccc(NS(C)(=O)=O)cc21. The maximum atomic E-state index is 14.0. The number of sulfonamides is 1. The molecule has 2 aromatic carbocycles. The first-order valence-corrected chi connectivity index (χ1v) is 14.8. The lowest BCUT2D eigenvalue weighted by molar-refractivity contribution is -0.125. The number of carbonyl (C=O) groups is 2. The Balaban J connectivity index is 1.60. The van der Waals surface area contributed by atoms with Gasteiger partial charge in [0.2, 0.25) is 10.0 Å². The summed E-state index contributed by atoms with van der Waals surface area (Å²) in [7, 11) is -6.24. The zero-order valence-corrected chi connectivity index (χ0v) is 21.3. The number of rotatable bonds is 6. The number of hydrogen-bond donors (Lipinski definition) is 2. The summed E-state index contributed by atoms with van der Waals surface area (Å²) < 4.78 is 49.0. The van der Waals surface area contributed by atoms with E-state index in [0.717, 1.165) is 24.7 Å². The van der Waals surface area contributed by atoms with Crippen LogP contribution < -0.4 is 15.3 Å². The van der Waals surface area contributed by atoms with Crippen LogP contribution in [-0.4, -0.2) is 39.2 Å². The number of carbonyl (C=O) groups excluding carboxylic acids is 2. The highest BCUT2D eigenvalue weighted by Crippen LogP contribution is 2.53. The van der Waals surface area contributed by atoms with E-state index in [1.54, 1.807) is 12.1 Å². The van der Waals surface area contributed by atoms with Gasteiger partial charge in [-0.15, -0.1) is 0 Å². The molecule has 0 aromatic heterocycles. The second kappa shape index (κ2) is 8.11. The van der Waals surface area contributed by atoms with Crippen LogP contribution in [0.4, 0.5) is 11.4 Å². The molecule has 0 radical (unpaired) electrons. The Hall–Kier alpha value is -2.81. The zero-order valence-electron chi connectivity index (χ0n) is 19.6. The van der Waals surface area contributed by atoms with E-state index in [-0.39, 0.29) is 22.6 Å². The van der Waals surface area contributed by atoms with Crippen molar-refractivity contribution >= 4 is 51.6 Å². The van der Waals surface area contributed by atoms with Gasteiger partial charge in [-0.3, -0.25) is 18.9 Å². The molecular weight excluding hydrogens is 489 g/mol. The minimum atomic E-state index is -3.91. The number of nitrogens with zero attached hydrogens (tertiary/aromatic N) is 1. The van der Waals surface area contributed by atoms with Crippen molar-refractivity contribution in [2.45, 2.75) is 31.6 Å².